The fraction of sp³-hybridized carbons (Fsp3) is 0.385. The van der Waals surface area contributed by atoms with Crippen LogP contribution in [0.2, 0.25) is 0 Å². The molecule has 5 nitrogen and oxygen atoms in total. The van der Waals surface area contributed by atoms with Crippen LogP contribution in [0.4, 0.5) is 4.79 Å². The molecular formula is C13H14N2O3. The topological polar surface area (TPSA) is 58.6 Å². The molecular weight excluding hydrogens is 232 g/mol. The van der Waals surface area contributed by atoms with Gasteiger partial charge in [0, 0.05) is 13.0 Å². The highest BCUT2D eigenvalue weighted by molar-refractivity contribution is 5.96. The van der Waals surface area contributed by atoms with Crippen molar-refractivity contribution in [3.05, 3.63) is 34.9 Å². The Morgan fingerprint density at radius 3 is 2.89 bits per heavy atom. The summed E-state index contributed by atoms with van der Waals surface area (Å²) in [7, 11) is 0. The Bertz CT molecular complexity index is 497. The minimum atomic E-state index is -0.303. The summed E-state index contributed by atoms with van der Waals surface area (Å²) in [6.07, 6.45) is 0.375. The van der Waals surface area contributed by atoms with Gasteiger partial charge >= 0.3 is 6.03 Å². The minimum Gasteiger partial charge on any atom is -0.372 e. The van der Waals surface area contributed by atoms with Crippen LogP contribution >= 0.6 is 0 Å². The predicted octanol–water partition coefficient (Wildman–Crippen LogP) is 1.16. The van der Waals surface area contributed by atoms with E-state index >= 15 is 0 Å². The molecule has 0 aliphatic carbocycles. The summed E-state index contributed by atoms with van der Waals surface area (Å²) >= 11 is 0. The van der Waals surface area contributed by atoms with E-state index in [0.29, 0.717) is 32.7 Å². The molecule has 0 unspecified atom stereocenters. The number of nitrogens with one attached hydrogen (secondary N) is 1. The zero-order valence-electron chi connectivity index (χ0n) is 9.94. The lowest BCUT2D eigenvalue weighted by Crippen LogP contribution is -2.49. The molecule has 2 aliphatic rings. The number of imide groups is 1. The molecule has 1 fully saturated rings. The molecule has 3 amide bonds. The number of urea groups is 1. The van der Waals surface area contributed by atoms with Crippen molar-refractivity contribution in [1.29, 1.82) is 0 Å². The van der Waals surface area contributed by atoms with E-state index < -0.39 is 0 Å². The smallest absolute Gasteiger partial charge is 0.324 e. The van der Waals surface area contributed by atoms with Crippen LogP contribution in [-0.4, -0.2) is 23.4 Å². The number of ether oxygens (including phenoxy) is 1. The molecule has 3 rings (SSSR count). The lowest BCUT2D eigenvalue weighted by Gasteiger charge is -2.25. The number of rotatable bonds is 2. The normalized spacial score (nSPS) is 18.8. The third kappa shape index (κ3) is 1.97. The van der Waals surface area contributed by atoms with Gasteiger partial charge in [0.1, 0.15) is 0 Å². The van der Waals surface area contributed by atoms with E-state index in [9.17, 15) is 9.59 Å². The largest absolute Gasteiger partial charge is 0.372 e. The number of hydrogen-bond donors (Lipinski definition) is 1. The van der Waals surface area contributed by atoms with Crippen molar-refractivity contribution in [2.45, 2.75) is 26.2 Å². The van der Waals surface area contributed by atoms with Crippen molar-refractivity contribution in [2.75, 3.05) is 6.54 Å². The number of hydrogen-bond acceptors (Lipinski definition) is 3. The van der Waals surface area contributed by atoms with Crippen molar-refractivity contribution in [3.8, 4) is 0 Å². The van der Waals surface area contributed by atoms with E-state index in [1.54, 1.807) is 0 Å². The SMILES string of the molecule is O=C1CCNC(=O)N1Cc1ccc2c(c1)COC2. The Labute approximate surface area is 105 Å². The molecule has 2 heterocycles. The Balaban J connectivity index is 1.79. The van der Waals surface area contributed by atoms with E-state index in [-0.39, 0.29) is 11.9 Å². The van der Waals surface area contributed by atoms with Crippen molar-refractivity contribution >= 4 is 11.9 Å². The molecule has 0 spiro atoms. The number of fused-ring (bicyclic) bond motifs is 1. The van der Waals surface area contributed by atoms with Crippen LogP contribution in [0.5, 0.6) is 0 Å². The number of carbonyl (C=O) groups is 2. The van der Waals surface area contributed by atoms with Crippen molar-refractivity contribution in [2.24, 2.45) is 0 Å². The van der Waals surface area contributed by atoms with Gasteiger partial charge in [-0.05, 0) is 16.7 Å². The first kappa shape index (κ1) is 11.2. The fourth-order valence-electron chi connectivity index (χ4n) is 2.29. The van der Waals surface area contributed by atoms with Gasteiger partial charge in [-0.1, -0.05) is 18.2 Å². The van der Waals surface area contributed by atoms with Gasteiger partial charge in [0.15, 0.2) is 0 Å². The third-order valence-corrected chi connectivity index (χ3v) is 3.29. The first-order chi connectivity index (χ1) is 8.74. The summed E-state index contributed by atoms with van der Waals surface area (Å²) < 4.78 is 5.34. The van der Waals surface area contributed by atoms with Gasteiger partial charge < -0.3 is 10.1 Å². The average Bonchev–Trinajstić information content (AvgIpc) is 2.81. The maximum absolute atomic E-state index is 11.7. The molecule has 1 aromatic carbocycles. The first-order valence-corrected chi connectivity index (χ1v) is 6.00. The van der Waals surface area contributed by atoms with Gasteiger partial charge in [-0.25, -0.2) is 4.79 Å². The predicted molar refractivity (Wildman–Crippen MR) is 63.5 cm³/mol. The molecule has 1 saturated heterocycles. The van der Waals surface area contributed by atoms with E-state index in [1.807, 2.05) is 18.2 Å². The van der Waals surface area contributed by atoms with Crippen LogP contribution < -0.4 is 5.32 Å². The molecule has 0 saturated carbocycles. The van der Waals surface area contributed by atoms with Crippen LogP contribution in [0.25, 0.3) is 0 Å². The highest BCUT2D eigenvalue weighted by Gasteiger charge is 2.25. The second kappa shape index (κ2) is 4.42. The minimum absolute atomic E-state index is 0.115. The van der Waals surface area contributed by atoms with Gasteiger partial charge in [0.2, 0.25) is 5.91 Å². The highest BCUT2D eigenvalue weighted by atomic mass is 16.5. The van der Waals surface area contributed by atoms with Gasteiger partial charge in [-0.15, -0.1) is 0 Å². The molecule has 18 heavy (non-hydrogen) atoms. The van der Waals surface area contributed by atoms with Crippen molar-refractivity contribution < 1.29 is 14.3 Å². The first-order valence-electron chi connectivity index (χ1n) is 6.00. The van der Waals surface area contributed by atoms with E-state index in [4.69, 9.17) is 4.74 Å². The highest BCUT2D eigenvalue weighted by Crippen LogP contribution is 2.22. The van der Waals surface area contributed by atoms with Crippen LogP contribution in [0, 0.1) is 0 Å². The van der Waals surface area contributed by atoms with Crippen LogP contribution in [0.3, 0.4) is 0 Å². The quantitative estimate of drug-likeness (QED) is 0.851. The van der Waals surface area contributed by atoms with E-state index in [2.05, 4.69) is 5.32 Å². The summed E-state index contributed by atoms with van der Waals surface area (Å²) in [5, 5.41) is 2.68. The number of benzene rings is 1. The second-order valence-electron chi connectivity index (χ2n) is 4.56. The van der Waals surface area contributed by atoms with Gasteiger partial charge in [-0.3, -0.25) is 9.69 Å². The average molecular weight is 246 g/mol. The lowest BCUT2D eigenvalue weighted by molar-refractivity contribution is -0.129. The summed E-state index contributed by atoms with van der Waals surface area (Å²) in [5.74, 6) is -0.115. The Morgan fingerprint density at radius 2 is 2.06 bits per heavy atom. The molecule has 0 aromatic heterocycles. The van der Waals surface area contributed by atoms with Crippen molar-refractivity contribution in [3.63, 3.8) is 0 Å². The Hall–Kier alpha value is -1.88. The summed E-state index contributed by atoms with van der Waals surface area (Å²) in [5.41, 5.74) is 3.30. The molecule has 0 bridgehead atoms. The number of nitrogens with zero attached hydrogens (tertiary/aromatic N) is 1. The Morgan fingerprint density at radius 1 is 1.22 bits per heavy atom. The van der Waals surface area contributed by atoms with Crippen molar-refractivity contribution in [1.82, 2.24) is 10.2 Å². The van der Waals surface area contributed by atoms with Gasteiger partial charge in [-0.2, -0.15) is 0 Å². The third-order valence-electron chi connectivity index (χ3n) is 3.29. The van der Waals surface area contributed by atoms with Crippen LogP contribution in [0.15, 0.2) is 18.2 Å². The molecule has 5 heteroatoms. The molecule has 1 N–H and O–H groups in total. The maximum Gasteiger partial charge on any atom is 0.324 e. The van der Waals surface area contributed by atoms with Crippen LogP contribution in [-0.2, 0) is 29.3 Å². The molecule has 94 valence electrons. The standard InChI is InChI=1S/C13H14N2O3/c16-12-3-4-14-13(17)15(12)6-9-1-2-10-7-18-8-11(10)5-9/h1-2,5H,3-4,6-8H2,(H,14,17). The van der Waals surface area contributed by atoms with Gasteiger partial charge in [0.05, 0.1) is 19.8 Å². The summed E-state index contributed by atoms with van der Waals surface area (Å²) in [6.45, 7) is 2.03. The second-order valence-corrected chi connectivity index (χ2v) is 4.56. The zero-order chi connectivity index (χ0) is 12.5. The molecule has 1 aromatic rings. The summed E-state index contributed by atoms with van der Waals surface area (Å²) in [4.78, 5) is 24.6. The Kier molecular flexibility index (Phi) is 2.76. The molecule has 0 radical (unpaired) electrons. The molecule has 0 atom stereocenters. The monoisotopic (exact) mass is 246 g/mol. The zero-order valence-corrected chi connectivity index (χ0v) is 9.94. The summed E-state index contributed by atoms with van der Waals surface area (Å²) in [6, 6.07) is 5.66. The fourth-order valence-corrected chi connectivity index (χ4v) is 2.29. The number of carbonyl (C=O) groups excluding carboxylic acids is 2. The molecule has 2 aliphatic heterocycles. The van der Waals surface area contributed by atoms with E-state index in [1.165, 1.54) is 10.5 Å². The van der Waals surface area contributed by atoms with Gasteiger partial charge in [0.25, 0.3) is 0 Å². The van der Waals surface area contributed by atoms with E-state index in [0.717, 1.165) is 11.1 Å². The van der Waals surface area contributed by atoms with Crippen LogP contribution in [0.1, 0.15) is 23.1 Å². The number of amides is 3. The lowest BCUT2D eigenvalue weighted by atomic mass is 10.1. The maximum atomic E-state index is 11.7.